The van der Waals surface area contributed by atoms with E-state index >= 15 is 0 Å². The van der Waals surface area contributed by atoms with Gasteiger partial charge >= 0.3 is 5.97 Å². The van der Waals surface area contributed by atoms with E-state index in [-0.39, 0.29) is 5.91 Å². The Labute approximate surface area is 122 Å². The summed E-state index contributed by atoms with van der Waals surface area (Å²) in [5.41, 5.74) is 0.780. The lowest BCUT2D eigenvalue weighted by atomic mass is 9.85. The van der Waals surface area contributed by atoms with Crippen LogP contribution in [0.4, 0.5) is 5.69 Å². The second-order valence-corrected chi connectivity index (χ2v) is 5.36. The van der Waals surface area contributed by atoms with Crippen molar-refractivity contribution in [3.8, 4) is 0 Å². The molecule has 6 heteroatoms. The SMILES string of the molecule is Cn1cc(C(=O)Nc2ccc(C(C)(C)C(=O)O)cc2)cn1. The van der Waals surface area contributed by atoms with E-state index in [1.165, 1.54) is 6.20 Å². The van der Waals surface area contributed by atoms with Crippen LogP contribution in [-0.2, 0) is 17.3 Å². The van der Waals surface area contributed by atoms with Gasteiger partial charge in [-0.3, -0.25) is 14.3 Å². The summed E-state index contributed by atoms with van der Waals surface area (Å²) in [6, 6.07) is 6.78. The molecule has 1 aromatic heterocycles. The summed E-state index contributed by atoms with van der Waals surface area (Å²) in [6.07, 6.45) is 3.11. The van der Waals surface area contributed by atoms with E-state index in [4.69, 9.17) is 0 Å². The zero-order valence-corrected chi connectivity index (χ0v) is 12.1. The first-order valence-electron chi connectivity index (χ1n) is 6.44. The van der Waals surface area contributed by atoms with Gasteiger partial charge in [-0.1, -0.05) is 12.1 Å². The molecule has 0 aliphatic rings. The van der Waals surface area contributed by atoms with Gasteiger partial charge in [-0.2, -0.15) is 5.10 Å². The smallest absolute Gasteiger partial charge is 0.313 e. The average molecular weight is 287 g/mol. The van der Waals surface area contributed by atoms with Gasteiger partial charge in [0.05, 0.1) is 17.2 Å². The Kier molecular flexibility index (Phi) is 3.80. The molecule has 0 bridgehead atoms. The number of carboxylic acids is 1. The summed E-state index contributed by atoms with van der Waals surface area (Å²) in [5.74, 6) is -1.15. The summed E-state index contributed by atoms with van der Waals surface area (Å²) in [4.78, 5) is 23.2. The first-order valence-corrected chi connectivity index (χ1v) is 6.44. The minimum atomic E-state index is -0.966. The normalized spacial score (nSPS) is 11.2. The van der Waals surface area contributed by atoms with Crippen LogP contribution >= 0.6 is 0 Å². The zero-order valence-electron chi connectivity index (χ0n) is 12.1. The number of hydrogen-bond donors (Lipinski definition) is 2. The molecule has 0 aliphatic carbocycles. The maximum absolute atomic E-state index is 12.0. The highest BCUT2D eigenvalue weighted by Gasteiger charge is 2.29. The molecule has 0 fully saturated rings. The van der Waals surface area contributed by atoms with E-state index < -0.39 is 11.4 Å². The van der Waals surface area contributed by atoms with Gasteiger partial charge in [0.1, 0.15) is 0 Å². The second kappa shape index (κ2) is 5.40. The summed E-state index contributed by atoms with van der Waals surface area (Å²) in [5, 5.41) is 15.9. The molecular weight excluding hydrogens is 270 g/mol. The Hall–Kier alpha value is -2.63. The van der Waals surface area contributed by atoms with Gasteiger partial charge in [-0.15, -0.1) is 0 Å². The van der Waals surface area contributed by atoms with Crippen LogP contribution in [0.15, 0.2) is 36.7 Å². The van der Waals surface area contributed by atoms with E-state index in [0.29, 0.717) is 16.8 Å². The van der Waals surface area contributed by atoms with Gasteiger partial charge in [-0.05, 0) is 31.5 Å². The minimum Gasteiger partial charge on any atom is -0.481 e. The first-order chi connectivity index (χ1) is 9.80. The maximum Gasteiger partial charge on any atom is 0.313 e. The number of carboxylic acid groups (broad SMARTS) is 1. The van der Waals surface area contributed by atoms with E-state index in [0.717, 1.165) is 0 Å². The fourth-order valence-corrected chi connectivity index (χ4v) is 1.84. The molecule has 1 aromatic carbocycles. The van der Waals surface area contributed by atoms with Crippen LogP contribution in [0.3, 0.4) is 0 Å². The molecule has 0 aliphatic heterocycles. The van der Waals surface area contributed by atoms with Crippen molar-refractivity contribution in [2.75, 3.05) is 5.32 Å². The van der Waals surface area contributed by atoms with Crippen LogP contribution in [0.25, 0.3) is 0 Å². The highest BCUT2D eigenvalue weighted by molar-refractivity contribution is 6.03. The van der Waals surface area contributed by atoms with Gasteiger partial charge in [0.25, 0.3) is 5.91 Å². The van der Waals surface area contributed by atoms with E-state index in [1.54, 1.807) is 56.0 Å². The lowest BCUT2D eigenvalue weighted by Crippen LogP contribution is -2.28. The predicted octanol–water partition coefficient (Wildman–Crippen LogP) is 2.03. The number of nitrogens with zero attached hydrogens (tertiary/aromatic N) is 2. The van der Waals surface area contributed by atoms with Crippen molar-refractivity contribution in [1.82, 2.24) is 9.78 Å². The number of carbonyl (C=O) groups is 2. The third-order valence-electron chi connectivity index (χ3n) is 3.37. The third kappa shape index (κ3) is 3.10. The van der Waals surface area contributed by atoms with Crippen molar-refractivity contribution < 1.29 is 14.7 Å². The van der Waals surface area contributed by atoms with Crippen LogP contribution in [0.2, 0.25) is 0 Å². The van der Waals surface area contributed by atoms with Crippen LogP contribution in [-0.4, -0.2) is 26.8 Å². The van der Waals surface area contributed by atoms with Gasteiger partial charge in [0.2, 0.25) is 0 Å². The van der Waals surface area contributed by atoms with E-state index in [9.17, 15) is 14.7 Å². The number of nitrogens with one attached hydrogen (secondary N) is 1. The van der Waals surface area contributed by atoms with Crippen molar-refractivity contribution in [3.05, 3.63) is 47.8 Å². The lowest BCUT2D eigenvalue weighted by molar-refractivity contribution is -0.142. The van der Waals surface area contributed by atoms with Gasteiger partial charge in [0.15, 0.2) is 0 Å². The summed E-state index contributed by atoms with van der Waals surface area (Å²) in [7, 11) is 1.74. The molecule has 2 N–H and O–H groups in total. The van der Waals surface area contributed by atoms with Crippen LogP contribution in [0.1, 0.15) is 29.8 Å². The van der Waals surface area contributed by atoms with Gasteiger partial charge < -0.3 is 10.4 Å². The highest BCUT2D eigenvalue weighted by Crippen LogP contribution is 2.24. The van der Waals surface area contributed by atoms with Crippen molar-refractivity contribution in [3.63, 3.8) is 0 Å². The van der Waals surface area contributed by atoms with Crippen LogP contribution < -0.4 is 5.32 Å². The zero-order chi connectivity index (χ0) is 15.6. The average Bonchev–Trinajstić information content (AvgIpc) is 2.86. The Morgan fingerprint density at radius 3 is 2.33 bits per heavy atom. The van der Waals surface area contributed by atoms with E-state index in [1.807, 2.05) is 0 Å². The number of rotatable bonds is 4. The molecule has 110 valence electrons. The van der Waals surface area contributed by atoms with Crippen LogP contribution in [0, 0.1) is 0 Å². The number of aromatic nitrogens is 2. The molecule has 0 atom stereocenters. The molecule has 0 radical (unpaired) electrons. The quantitative estimate of drug-likeness (QED) is 0.901. The molecule has 2 aromatic rings. The largest absolute Gasteiger partial charge is 0.481 e. The molecule has 0 saturated heterocycles. The van der Waals surface area contributed by atoms with Gasteiger partial charge in [-0.25, -0.2) is 0 Å². The Balaban J connectivity index is 2.13. The topological polar surface area (TPSA) is 84.2 Å². The molecule has 0 unspecified atom stereocenters. The summed E-state index contributed by atoms with van der Waals surface area (Å²) in [6.45, 7) is 3.27. The monoisotopic (exact) mass is 287 g/mol. The maximum atomic E-state index is 12.0. The van der Waals surface area contributed by atoms with Crippen molar-refractivity contribution in [2.24, 2.45) is 7.05 Å². The lowest BCUT2D eigenvalue weighted by Gasteiger charge is -2.19. The predicted molar refractivity (Wildman–Crippen MR) is 78.3 cm³/mol. The second-order valence-electron chi connectivity index (χ2n) is 5.36. The number of aryl methyl sites for hydroxylation is 1. The molecule has 0 saturated carbocycles. The standard InChI is InChI=1S/C15H17N3O3/c1-15(2,14(20)21)11-4-6-12(7-5-11)17-13(19)10-8-16-18(3)9-10/h4-9H,1-3H3,(H,17,19)(H,20,21). The number of hydrogen-bond acceptors (Lipinski definition) is 3. The molecular formula is C15H17N3O3. The highest BCUT2D eigenvalue weighted by atomic mass is 16.4. The molecule has 21 heavy (non-hydrogen) atoms. The number of carbonyl (C=O) groups excluding carboxylic acids is 1. The van der Waals surface area contributed by atoms with Crippen molar-refractivity contribution in [2.45, 2.75) is 19.3 Å². The molecule has 0 spiro atoms. The molecule has 1 amide bonds. The molecule has 2 rings (SSSR count). The fraction of sp³-hybridized carbons (Fsp3) is 0.267. The van der Waals surface area contributed by atoms with Gasteiger partial charge in [0, 0.05) is 18.9 Å². The van der Waals surface area contributed by atoms with E-state index in [2.05, 4.69) is 10.4 Å². The number of amides is 1. The first kappa shape index (κ1) is 14.8. The van der Waals surface area contributed by atoms with Crippen molar-refractivity contribution >= 4 is 17.6 Å². The fourth-order valence-electron chi connectivity index (χ4n) is 1.84. The summed E-state index contributed by atoms with van der Waals surface area (Å²) >= 11 is 0. The molecule has 1 heterocycles. The molecule has 6 nitrogen and oxygen atoms in total. The number of aliphatic carboxylic acids is 1. The Bertz CT molecular complexity index is 672. The van der Waals surface area contributed by atoms with Crippen LogP contribution in [0.5, 0.6) is 0 Å². The Morgan fingerprint density at radius 2 is 1.86 bits per heavy atom. The number of benzene rings is 1. The third-order valence-corrected chi connectivity index (χ3v) is 3.37. The minimum absolute atomic E-state index is 0.256. The Morgan fingerprint density at radius 1 is 1.24 bits per heavy atom. The number of anilines is 1. The van der Waals surface area contributed by atoms with Crippen molar-refractivity contribution in [1.29, 1.82) is 0 Å². The summed E-state index contributed by atoms with van der Waals surface area (Å²) < 4.78 is 1.55.